The molecule has 1 aliphatic heterocycles. The Kier molecular flexibility index (Phi) is 4.47. The molecule has 0 aliphatic carbocycles. The van der Waals surface area contributed by atoms with Crippen LogP contribution in [-0.4, -0.2) is 32.1 Å². The van der Waals surface area contributed by atoms with Crippen LogP contribution in [0.3, 0.4) is 0 Å². The van der Waals surface area contributed by atoms with Gasteiger partial charge in [0.2, 0.25) is 10.0 Å². The van der Waals surface area contributed by atoms with Gasteiger partial charge in [-0.1, -0.05) is 19.1 Å². The lowest BCUT2D eigenvalue weighted by Gasteiger charge is -2.24. The van der Waals surface area contributed by atoms with Gasteiger partial charge in [0.15, 0.2) is 0 Å². The standard InChI is InChI=1S/C14H21NO3S/c1-3-10-19(16,17)15-9-5-8-14(15)12-6-4-7-13(11-12)18-2/h4,6-7,11,14H,3,5,8-10H2,1-2H3. The SMILES string of the molecule is CCCS(=O)(=O)N1CCCC1c1cccc(OC)c1. The van der Waals surface area contributed by atoms with Crippen LogP contribution in [0.5, 0.6) is 5.75 Å². The first-order valence-corrected chi connectivity index (χ1v) is 8.33. The van der Waals surface area contributed by atoms with Crippen molar-refractivity contribution in [3.8, 4) is 5.75 Å². The zero-order valence-corrected chi connectivity index (χ0v) is 12.3. The van der Waals surface area contributed by atoms with Gasteiger partial charge in [0.05, 0.1) is 12.9 Å². The minimum Gasteiger partial charge on any atom is -0.497 e. The van der Waals surface area contributed by atoms with Gasteiger partial charge in [-0.25, -0.2) is 8.42 Å². The molecular formula is C14H21NO3S. The number of nitrogens with zero attached hydrogens (tertiary/aromatic N) is 1. The van der Waals surface area contributed by atoms with Crippen LogP contribution in [0.1, 0.15) is 37.8 Å². The summed E-state index contributed by atoms with van der Waals surface area (Å²) in [6.45, 7) is 2.53. The van der Waals surface area contributed by atoms with Crippen LogP contribution in [0.25, 0.3) is 0 Å². The maximum atomic E-state index is 12.3. The van der Waals surface area contributed by atoms with Gasteiger partial charge in [-0.15, -0.1) is 0 Å². The summed E-state index contributed by atoms with van der Waals surface area (Å²) in [4.78, 5) is 0. The smallest absolute Gasteiger partial charge is 0.214 e. The molecule has 0 saturated carbocycles. The lowest BCUT2D eigenvalue weighted by Crippen LogP contribution is -2.32. The van der Waals surface area contributed by atoms with Crippen molar-refractivity contribution >= 4 is 10.0 Å². The molecule has 5 heteroatoms. The Labute approximate surface area is 115 Å². The number of rotatable bonds is 5. The molecule has 2 rings (SSSR count). The highest BCUT2D eigenvalue weighted by Gasteiger charge is 2.34. The minimum atomic E-state index is -3.13. The number of hydrogen-bond donors (Lipinski definition) is 0. The zero-order valence-electron chi connectivity index (χ0n) is 11.5. The number of hydrogen-bond acceptors (Lipinski definition) is 3. The lowest BCUT2D eigenvalue weighted by atomic mass is 10.1. The molecule has 0 bridgehead atoms. The van der Waals surface area contributed by atoms with Crippen molar-refractivity contribution in [2.75, 3.05) is 19.4 Å². The molecule has 0 aromatic heterocycles. The Morgan fingerprint density at radius 1 is 1.42 bits per heavy atom. The van der Waals surface area contributed by atoms with Crippen molar-refractivity contribution in [3.05, 3.63) is 29.8 Å². The molecule has 0 radical (unpaired) electrons. The minimum absolute atomic E-state index is 0.0355. The normalized spacial score (nSPS) is 20.6. The molecule has 1 aliphatic rings. The predicted octanol–water partition coefficient (Wildman–Crippen LogP) is 2.57. The third-order valence-corrected chi connectivity index (χ3v) is 5.58. The van der Waals surface area contributed by atoms with Crippen LogP contribution in [-0.2, 0) is 10.0 Å². The number of benzene rings is 1. The molecule has 1 fully saturated rings. The number of ether oxygens (including phenoxy) is 1. The summed E-state index contributed by atoms with van der Waals surface area (Å²) in [5.74, 6) is 1.00. The molecule has 1 unspecified atom stereocenters. The highest BCUT2D eigenvalue weighted by atomic mass is 32.2. The van der Waals surface area contributed by atoms with Crippen LogP contribution in [0.15, 0.2) is 24.3 Å². The summed E-state index contributed by atoms with van der Waals surface area (Å²) in [7, 11) is -1.51. The number of sulfonamides is 1. The molecule has 19 heavy (non-hydrogen) atoms. The lowest BCUT2D eigenvalue weighted by molar-refractivity contribution is 0.390. The fourth-order valence-corrected chi connectivity index (χ4v) is 4.40. The van der Waals surface area contributed by atoms with Gasteiger partial charge in [0.25, 0.3) is 0 Å². The average molecular weight is 283 g/mol. The van der Waals surface area contributed by atoms with Crippen molar-refractivity contribution in [2.24, 2.45) is 0 Å². The summed E-state index contributed by atoms with van der Waals surface area (Å²) < 4.78 is 31.4. The van der Waals surface area contributed by atoms with E-state index in [1.54, 1.807) is 11.4 Å². The first kappa shape index (κ1) is 14.3. The molecule has 106 valence electrons. The van der Waals surface area contributed by atoms with Crippen molar-refractivity contribution in [2.45, 2.75) is 32.2 Å². The van der Waals surface area contributed by atoms with Crippen LogP contribution >= 0.6 is 0 Å². The Morgan fingerprint density at radius 3 is 2.89 bits per heavy atom. The van der Waals surface area contributed by atoms with Gasteiger partial charge in [0, 0.05) is 12.6 Å². The fourth-order valence-electron chi connectivity index (χ4n) is 2.63. The molecule has 1 heterocycles. The van der Waals surface area contributed by atoms with E-state index in [2.05, 4.69) is 0 Å². The van der Waals surface area contributed by atoms with E-state index < -0.39 is 10.0 Å². The van der Waals surface area contributed by atoms with E-state index >= 15 is 0 Å². The van der Waals surface area contributed by atoms with Crippen LogP contribution < -0.4 is 4.74 Å². The van der Waals surface area contributed by atoms with E-state index in [0.29, 0.717) is 13.0 Å². The maximum Gasteiger partial charge on any atom is 0.214 e. The topological polar surface area (TPSA) is 46.6 Å². The summed E-state index contributed by atoms with van der Waals surface area (Å²) in [6.07, 6.45) is 2.46. The molecule has 0 N–H and O–H groups in total. The molecular weight excluding hydrogens is 262 g/mol. The zero-order chi connectivity index (χ0) is 13.9. The third kappa shape index (κ3) is 3.09. The van der Waals surface area contributed by atoms with Crippen molar-refractivity contribution < 1.29 is 13.2 Å². The van der Waals surface area contributed by atoms with Crippen molar-refractivity contribution in [1.82, 2.24) is 4.31 Å². The average Bonchev–Trinajstić information content (AvgIpc) is 2.89. The Morgan fingerprint density at radius 2 is 2.21 bits per heavy atom. The van der Waals surface area contributed by atoms with Gasteiger partial charge < -0.3 is 4.74 Å². The Balaban J connectivity index is 2.28. The van der Waals surface area contributed by atoms with E-state index in [1.807, 2.05) is 31.2 Å². The molecule has 1 saturated heterocycles. The number of methoxy groups -OCH3 is 1. The highest BCUT2D eigenvalue weighted by molar-refractivity contribution is 7.89. The first-order valence-electron chi connectivity index (χ1n) is 6.72. The van der Waals surface area contributed by atoms with E-state index in [4.69, 9.17) is 4.74 Å². The molecule has 1 atom stereocenters. The van der Waals surface area contributed by atoms with Gasteiger partial charge in [-0.05, 0) is 37.0 Å². The van der Waals surface area contributed by atoms with Crippen molar-refractivity contribution in [1.29, 1.82) is 0 Å². The summed E-state index contributed by atoms with van der Waals surface area (Å²) in [5, 5.41) is 0. The van der Waals surface area contributed by atoms with E-state index in [9.17, 15) is 8.42 Å². The summed E-state index contributed by atoms with van der Waals surface area (Å²) >= 11 is 0. The van der Waals surface area contributed by atoms with Gasteiger partial charge in [-0.2, -0.15) is 4.31 Å². The van der Waals surface area contributed by atoms with Crippen molar-refractivity contribution in [3.63, 3.8) is 0 Å². The second-order valence-corrected chi connectivity index (χ2v) is 6.90. The van der Waals surface area contributed by atoms with E-state index in [-0.39, 0.29) is 11.8 Å². The Hall–Kier alpha value is -1.07. The maximum absolute atomic E-state index is 12.3. The molecule has 4 nitrogen and oxygen atoms in total. The van der Waals surface area contributed by atoms with E-state index in [1.165, 1.54) is 0 Å². The van der Waals surface area contributed by atoms with Gasteiger partial charge >= 0.3 is 0 Å². The predicted molar refractivity (Wildman–Crippen MR) is 75.8 cm³/mol. The highest BCUT2D eigenvalue weighted by Crippen LogP contribution is 2.35. The van der Waals surface area contributed by atoms with Gasteiger partial charge in [-0.3, -0.25) is 0 Å². The molecule has 0 amide bonds. The van der Waals surface area contributed by atoms with Crippen LogP contribution in [0.4, 0.5) is 0 Å². The molecule has 1 aromatic rings. The quantitative estimate of drug-likeness (QED) is 0.834. The first-order chi connectivity index (χ1) is 9.08. The monoisotopic (exact) mass is 283 g/mol. The van der Waals surface area contributed by atoms with E-state index in [0.717, 1.165) is 24.2 Å². The van der Waals surface area contributed by atoms with Gasteiger partial charge in [0.1, 0.15) is 5.75 Å². The second-order valence-electron chi connectivity index (χ2n) is 4.86. The summed E-state index contributed by atoms with van der Waals surface area (Å²) in [5.41, 5.74) is 1.02. The Bertz CT molecular complexity index is 527. The fraction of sp³-hybridized carbons (Fsp3) is 0.571. The largest absolute Gasteiger partial charge is 0.497 e. The molecule has 1 aromatic carbocycles. The molecule has 0 spiro atoms. The summed E-state index contributed by atoms with van der Waals surface area (Å²) in [6, 6.07) is 7.67. The van der Waals surface area contributed by atoms with Crippen LogP contribution in [0.2, 0.25) is 0 Å². The second kappa shape index (κ2) is 5.92. The third-order valence-electron chi connectivity index (χ3n) is 3.50. The van der Waals surface area contributed by atoms with Crippen LogP contribution in [0, 0.1) is 0 Å².